The van der Waals surface area contributed by atoms with Gasteiger partial charge in [-0.1, -0.05) is 60.1 Å². The lowest BCUT2D eigenvalue weighted by atomic mass is 9.90. The number of nitrogens with one attached hydrogen (secondary N) is 5. The molecule has 5 amide bonds. The molecule has 1 aromatic rings. The minimum absolute atomic E-state index is 0.0109. The molecule has 102 heavy (non-hydrogen) atoms. The van der Waals surface area contributed by atoms with Gasteiger partial charge in [-0.15, -0.1) is 0 Å². The second kappa shape index (κ2) is 43.8. The molecule has 6 atom stereocenters. The zero-order valence-electron chi connectivity index (χ0n) is 58.7. The molecule has 1 saturated heterocycles. The van der Waals surface area contributed by atoms with Crippen LogP contribution in [0.25, 0.3) is 0 Å². The van der Waals surface area contributed by atoms with Crippen molar-refractivity contribution in [2.45, 2.75) is 185 Å². The van der Waals surface area contributed by atoms with Gasteiger partial charge in [0.2, 0.25) is 23.6 Å². The number of carbonyl (C=O) groups is 16. The highest BCUT2D eigenvalue weighted by molar-refractivity contribution is 6.90. The molecule has 572 valence electrons. The Kier molecular flexibility index (Phi) is 38.3. The molecule has 0 aromatic heterocycles. The van der Waals surface area contributed by atoms with E-state index in [-0.39, 0.29) is 141 Å². The average molecular weight is 1470 g/mol. The molecule has 34 nitrogen and oxygen atoms in total. The van der Waals surface area contributed by atoms with Crippen LogP contribution >= 0.6 is 0 Å². The molecule has 0 saturated carbocycles. The van der Waals surface area contributed by atoms with Crippen LogP contribution in [0.1, 0.15) is 161 Å². The summed E-state index contributed by atoms with van der Waals surface area (Å²) in [4.78, 5) is 205. The van der Waals surface area contributed by atoms with Crippen LogP contribution in [0.3, 0.4) is 0 Å². The second-order valence-corrected chi connectivity index (χ2v) is 32.4. The maximum absolute atomic E-state index is 17.2. The van der Waals surface area contributed by atoms with Crippen molar-refractivity contribution in [2.24, 2.45) is 11.8 Å². The van der Waals surface area contributed by atoms with E-state index in [4.69, 9.17) is 5.11 Å². The number of rotatable bonds is 46. The van der Waals surface area contributed by atoms with Gasteiger partial charge in [0.05, 0.1) is 31.5 Å². The van der Waals surface area contributed by atoms with Crippen molar-refractivity contribution in [1.82, 2.24) is 46.2 Å². The van der Waals surface area contributed by atoms with E-state index >= 15 is 4.11 Å². The number of carbonyl (C=O) groups excluding carboxylic acids is 7. The first-order chi connectivity index (χ1) is 47.5. The second-order valence-electron chi connectivity index (χ2n) is 27.5. The molecule has 1 aromatic carbocycles. The normalized spacial score (nSPS) is 15.8. The van der Waals surface area contributed by atoms with Crippen LogP contribution in [0, 0.1) is 11.8 Å². The minimum Gasteiger partial charge on any atom is -0.481 e. The maximum Gasteiger partial charge on any atom is 0.326 e. The largest absolute Gasteiger partial charge is 0.481 e. The first kappa shape index (κ1) is 89.2. The molecular weight excluding hydrogens is 1370 g/mol. The molecule has 2 rings (SSSR count). The molecule has 0 aliphatic carbocycles. The number of benzene rings is 1. The molecule has 0 bridgehead atoms. The highest BCUT2D eigenvalue weighted by Gasteiger charge is 2.56. The molecule has 0 spiro atoms. The Hall–Kier alpha value is -8.87. The summed E-state index contributed by atoms with van der Waals surface area (Å²) in [5.41, 5.74) is -0.0282. The van der Waals surface area contributed by atoms with Gasteiger partial charge in [-0.2, -0.15) is 0 Å². The molecule has 1 aliphatic heterocycles. The lowest BCUT2D eigenvalue weighted by molar-refractivity contribution is -0.147. The van der Waals surface area contributed by atoms with E-state index < -0.39 is 208 Å². The first-order valence-corrected chi connectivity index (χ1v) is 35.6. The number of aliphatic carboxylic acids is 9. The number of hydrogen-bond acceptors (Lipinski definition) is 20. The topological polar surface area (TPSA) is 528 Å². The molecule has 0 unspecified atom stereocenters. The van der Waals surface area contributed by atoms with Gasteiger partial charge in [0.25, 0.3) is 14.3 Å². The van der Waals surface area contributed by atoms with Gasteiger partial charge in [0.1, 0.15) is 35.7 Å². The first-order valence-electron chi connectivity index (χ1n) is 33.7. The Morgan fingerprint density at radius 2 is 0.873 bits per heavy atom. The summed E-state index contributed by atoms with van der Waals surface area (Å²) in [6.07, 6.45) is -4.24. The third-order valence-electron chi connectivity index (χ3n) is 17.4. The van der Waals surface area contributed by atoms with Crippen LogP contribution in [-0.2, 0) is 71.9 Å². The van der Waals surface area contributed by atoms with Gasteiger partial charge in [0.15, 0.2) is 0 Å². The smallest absolute Gasteiger partial charge is 0.326 e. The van der Waals surface area contributed by atoms with Crippen LogP contribution < -0.4 is 31.8 Å². The van der Waals surface area contributed by atoms with Crippen LogP contribution in [0.5, 0.6) is 0 Å². The number of amides is 5. The van der Waals surface area contributed by atoms with Crippen LogP contribution in [0.2, 0.25) is 10.1 Å². The lowest BCUT2D eigenvalue weighted by Gasteiger charge is -2.44. The summed E-state index contributed by atoms with van der Waals surface area (Å²) in [5, 5.41) is 98.2. The van der Waals surface area contributed by atoms with Crippen LogP contribution in [-0.4, -0.2) is 278 Å². The third kappa shape index (κ3) is 33.3. The van der Waals surface area contributed by atoms with Crippen molar-refractivity contribution in [1.29, 1.82) is 0 Å². The number of unbranched alkanes of at least 4 members (excludes halogenated alkanes) is 2. The zero-order valence-corrected chi connectivity index (χ0v) is 59.7. The lowest BCUT2D eigenvalue weighted by Crippen LogP contribution is -2.58. The summed E-state index contributed by atoms with van der Waals surface area (Å²) < 4.78 is 17.2. The van der Waals surface area contributed by atoms with E-state index in [1.54, 1.807) is 41.5 Å². The van der Waals surface area contributed by atoms with Crippen molar-refractivity contribution in [3.8, 4) is 0 Å². The highest BCUT2D eigenvalue weighted by atomic mass is 28.4. The number of ketones is 2. The number of nitrogens with zero attached hydrogens (tertiary/aromatic N) is 4. The Bertz CT molecular complexity index is 3040. The van der Waals surface area contributed by atoms with E-state index in [9.17, 15) is 118 Å². The number of carboxylic acids is 9. The zero-order chi connectivity index (χ0) is 77.2. The molecule has 1 aliphatic rings. The molecule has 0 radical (unpaired) electrons. The molecular formula is C66H102FN9O25Si. The quantitative estimate of drug-likeness (QED) is 0.0246. The van der Waals surface area contributed by atoms with Gasteiger partial charge >= 0.3 is 53.7 Å². The van der Waals surface area contributed by atoms with E-state index in [1.165, 1.54) is 43.9 Å². The number of carboxylic acid groups (broad SMARTS) is 9. The predicted octanol–water partition coefficient (Wildman–Crippen LogP) is 1.06. The molecule has 1 fully saturated rings. The van der Waals surface area contributed by atoms with E-state index in [0.29, 0.717) is 5.19 Å². The molecule has 1 heterocycles. The Morgan fingerprint density at radius 3 is 1.31 bits per heavy atom. The molecule has 36 heteroatoms. The average Bonchev–Trinajstić information content (AvgIpc) is 0.748. The fourth-order valence-corrected chi connectivity index (χ4v) is 16.6. The minimum atomic E-state index is -3.81. The molecule has 14 N–H and O–H groups in total. The van der Waals surface area contributed by atoms with Gasteiger partial charge in [-0.05, 0) is 78.8 Å². The fourth-order valence-electron chi connectivity index (χ4n) is 12.0. The van der Waals surface area contributed by atoms with Crippen molar-refractivity contribution >= 4 is 108 Å². The van der Waals surface area contributed by atoms with E-state index in [1.807, 2.05) is 0 Å². The number of hydrogen-bond donors (Lipinski definition) is 14. The number of Topliss-reactive ketones (excluding diaryl/α,β-unsaturated/α-hetero) is 2. The summed E-state index contributed by atoms with van der Waals surface area (Å²) in [5.74, 6) is -20.1. The Balaban J connectivity index is 2.13. The Morgan fingerprint density at radius 1 is 0.431 bits per heavy atom. The van der Waals surface area contributed by atoms with Gasteiger partial charge < -0.3 is 76.7 Å². The van der Waals surface area contributed by atoms with Gasteiger partial charge in [-0.25, -0.2) is 9.59 Å². The SMILES string of the molecule is CC(C)(C)[Si](F)(c1ccc(C(=O)N[C@H](CNC(=O)CC[C@@H](C(=O)O)N2CCN(CC(=O)O)CCN(CC(=O)O)CCN(CC(=O)O)CC2)C(=O)N[C@H](CCCCNC(=O)CCC(=O)CCCC[C@@H](NC(=O)CC[C@H](CC(=O)C[C@@H](CCC(=O)O)C(=O)O)C(=O)O)C(=O)O)C(=O)O)cc1)C(C)(C)C. The summed E-state index contributed by atoms with van der Waals surface area (Å²) in [7, 11) is -3.81. The van der Waals surface area contributed by atoms with E-state index in [2.05, 4.69) is 26.6 Å². The standard InChI is InChI=1S/C66H102FN9O25Si/c1-65(2,3)102(67,66(4,5)6)46-19-14-41(15-20-46)58(90)72-49(37-69-52(80)24-21-50(64(100)101)76-33-31-74(39-56(86)87)29-27-73(38-55(84)85)28-30-75(32-34-76)40-57(88)89)59(91)71-48(63(98)99)13-9-10-26-68-51(79)23-18-44(77)11-7-8-12-47(62(96)97)70-53(81)22-16-42(60(92)93)35-45(78)36-43(61(94)95)17-25-54(82)83/h14-15,19-20,42-43,47-50H,7-13,16-18,21-40H2,1-6H3,(H,68,79)(H,69,80)(H,70,81)(H,71,91)(H,72,90)(H,82,83)(H,84,85)(H,86,87)(H,88,89)(H,92,93)(H,94,95)(H,96,97)(H,98,99)(H,100,101)/t42-,43-,47-,48-,49-,50+/m1/s1. The van der Waals surface area contributed by atoms with Crippen molar-refractivity contribution < 1.29 is 127 Å². The van der Waals surface area contributed by atoms with Crippen molar-refractivity contribution in [3.63, 3.8) is 0 Å². The summed E-state index contributed by atoms with van der Waals surface area (Å²) >= 11 is 0. The predicted molar refractivity (Wildman–Crippen MR) is 362 cm³/mol. The maximum atomic E-state index is 17.2. The van der Waals surface area contributed by atoms with Crippen molar-refractivity contribution in [2.75, 3.05) is 85.1 Å². The van der Waals surface area contributed by atoms with E-state index in [0.717, 1.165) is 0 Å². The van der Waals surface area contributed by atoms with Crippen molar-refractivity contribution in [3.05, 3.63) is 29.8 Å². The third-order valence-corrected chi connectivity index (χ3v) is 22.7. The highest BCUT2D eigenvalue weighted by Crippen LogP contribution is 2.51. The van der Waals surface area contributed by atoms with Gasteiger partial charge in [-0.3, -0.25) is 86.7 Å². The Labute approximate surface area is 591 Å². The number of halogens is 1. The van der Waals surface area contributed by atoms with Crippen LogP contribution in [0.15, 0.2) is 24.3 Å². The van der Waals surface area contributed by atoms with Gasteiger partial charge in [0, 0.05) is 122 Å². The van der Waals surface area contributed by atoms with Crippen LogP contribution in [0.4, 0.5) is 4.11 Å². The summed E-state index contributed by atoms with van der Waals surface area (Å²) in [6.45, 7) is 8.74. The fraction of sp³-hybridized carbons (Fsp3) is 0.667. The summed E-state index contributed by atoms with van der Waals surface area (Å²) in [6, 6.07) is -0.401. The monoisotopic (exact) mass is 1470 g/mol.